The number of amides is 2. The van der Waals surface area contributed by atoms with Crippen LogP contribution in [0, 0.1) is 11.3 Å². The van der Waals surface area contributed by atoms with E-state index in [-0.39, 0.29) is 30.4 Å². The standard InChI is InChI=1S/C28H32N6O6S/c1-26(2,3)40-25(36)33-24-28(10-6-11-28)41(37,38)21-9-12-39-23-19(27(21,4)34(24)5)13-18(16-31-23)32-22(35)20-8-7-17(14-29)15-30-20/h7-8,13,15-16,21H,6,9-12H2,1-5H3,(H,32,35)/p+1. The van der Waals surface area contributed by atoms with E-state index in [1.54, 1.807) is 40.8 Å². The molecule has 4 heterocycles. The Balaban J connectivity index is 1.61. The maximum absolute atomic E-state index is 14.4. The van der Waals surface area contributed by atoms with Crippen LogP contribution in [0.1, 0.15) is 75.0 Å². The number of hydrogen-bond acceptors (Lipinski definition) is 9. The van der Waals surface area contributed by atoms with Crippen LogP contribution in [0.3, 0.4) is 0 Å². The van der Waals surface area contributed by atoms with Gasteiger partial charge in [0.25, 0.3) is 11.7 Å². The predicted octanol–water partition coefficient (Wildman–Crippen LogP) is 2.88. The van der Waals surface area contributed by atoms with E-state index in [2.05, 4.69) is 20.6 Å². The maximum Gasteiger partial charge on any atom is 0.505 e. The number of sulfone groups is 1. The molecule has 1 spiro atoms. The van der Waals surface area contributed by atoms with Crippen LogP contribution in [0.5, 0.6) is 5.88 Å². The number of aromatic nitrogens is 2. The van der Waals surface area contributed by atoms with Gasteiger partial charge >= 0.3 is 6.09 Å². The smallest absolute Gasteiger partial charge is 0.477 e. The number of anilines is 1. The van der Waals surface area contributed by atoms with Crippen LogP contribution in [0.4, 0.5) is 10.5 Å². The zero-order valence-electron chi connectivity index (χ0n) is 23.6. The molecule has 5 rings (SSSR count). The molecule has 2 unspecified atom stereocenters. The van der Waals surface area contributed by atoms with E-state index in [1.807, 2.05) is 10.6 Å². The van der Waals surface area contributed by atoms with Crippen molar-refractivity contribution in [3.05, 3.63) is 47.4 Å². The summed E-state index contributed by atoms with van der Waals surface area (Å²) in [7, 11) is -2.09. The number of nitrogens with one attached hydrogen (secondary N) is 2. The van der Waals surface area contributed by atoms with Crippen molar-refractivity contribution in [2.45, 2.75) is 74.5 Å². The van der Waals surface area contributed by atoms with E-state index in [9.17, 15) is 18.0 Å². The second kappa shape index (κ2) is 9.80. The van der Waals surface area contributed by atoms with Crippen LogP contribution in [0.2, 0.25) is 0 Å². The molecule has 216 valence electrons. The number of nitrogens with zero attached hydrogens (tertiary/aromatic N) is 4. The first-order valence-electron chi connectivity index (χ1n) is 13.4. The molecule has 2 atom stereocenters. The first-order chi connectivity index (χ1) is 19.2. The highest BCUT2D eigenvalue weighted by Gasteiger charge is 2.69. The molecule has 0 bridgehead atoms. The summed E-state index contributed by atoms with van der Waals surface area (Å²) in [6, 6.07) is 6.54. The van der Waals surface area contributed by atoms with Gasteiger partial charge in [0.1, 0.15) is 22.6 Å². The summed E-state index contributed by atoms with van der Waals surface area (Å²) in [5, 5.41) is 13.7. The minimum absolute atomic E-state index is 0.0979. The molecule has 0 radical (unpaired) electrons. The number of fused-ring (bicyclic) bond motifs is 3. The summed E-state index contributed by atoms with van der Waals surface area (Å²) in [6.07, 6.45) is 3.70. The van der Waals surface area contributed by atoms with Crippen LogP contribution >= 0.6 is 0 Å². The first-order valence-corrected chi connectivity index (χ1v) is 14.9. The minimum atomic E-state index is -3.85. The van der Waals surface area contributed by atoms with Crippen molar-refractivity contribution < 1.29 is 32.1 Å². The van der Waals surface area contributed by atoms with Gasteiger partial charge in [0, 0.05) is 12.6 Å². The number of alkyl carbamates (subject to hydrolysis) is 1. The highest BCUT2D eigenvalue weighted by molar-refractivity contribution is 7.94. The van der Waals surface area contributed by atoms with Crippen LogP contribution in [0.25, 0.3) is 0 Å². The summed E-state index contributed by atoms with van der Waals surface area (Å²) in [4.78, 5) is 34.3. The molecule has 1 saturated carbocycles. The minimum Gasteiger partial charge on any atom is -0.477 e. The lowest BCUT2D eigenvalue weighted by Crippen LogP contribution is -2.72. The first kappa shape index (κ1) is 28.5. The Morgan fingerprint density at radius 2 is 1.93 bits per heavy atom. The summed E-state index contributed by atoms with van der Waals surface area (Å²) < 4.78 is 40.9. The van der Waals surface area contributed by atoms with E-state index < -0.39 is 43.0 Å². The third-order valence-electron chi connectivity index (χ3n) is 8.19. The fraction of sp³-hybridized carbons (Fsp3) is 0.500. The van der Waals surface area contributed by atoms with Crippen molar-refractivity contribution in [3.63, 3.8) is 0 Å². The van der Waals surface area contributed by atoms with Gasteiger partial charge < -0.3 is 14.8 Å². The van der Waals surface area contributed by atoms with Crippen molar-refractivity contribution in [1.82, 2.24) is 15.3 Å². The molecule has 3 aliphatic rings. The molecular weight excluding hydrogens is 548 g/mol. The molecule has 2 N–H and O–H groups in total. The van der Waals surface area contributed by atoms with E-state index in [0.717, 1.165) is 0 Å². The summed E-state index contributed by atoms with van der Waals surface area (Å²) >= 11 is 0. The number of carbonyl (C=O) groups is 2. The number of amidine groups is 1. The molecule has 1 aliphatic carbocycles. The molecule has 2 amide bonds. The third-order valence-corrected chi connectivity index (χ3v) is 11.3. The van der Waals surface area contributed by atoms with Crippen LogP contribution in [-0.4, -0.2) is 70.0 Å². The van der Waals surface area contributed by atoms with Crippen molar-refractivity contribution in [2.75, 3.05) is 19.0 Å². The Morgan fingerprint density at radius 1 is 1.20 bits per heavy atom. The molecule has 2 aromatic rings. The lowest BCUT2D eigenvalue weighted by Gasteiger charge is -2.50. The van der Waals surface area contributed by atoms with Crippen molar-refractivity contribution >= 4 is 33.4 Å². The Bertz CT molecular complexity index is 1600. The van der Waals surface area contributed by atoms with Crippen LogP contribution < -0.4 is 15.4 Å². The molecule has 2 aliphatic heterocycles. The number of carbonyl (C=O) groups excluding carboxylic acids is 2. The van der Waals surface area contributed by atoms with E-state index >= 15 is 0 Å². The van der Waals surface area contributed by atoms with Gasteiger partial charge in [-0.25, -0.2) is 18.4 Å². The maximum atomic E-state index is 14.4. The average molecular weight is 582 g/mol. The fourth-order valence-corrected chi connectivity index (χ4v) is 9.08. The number of nitriles is 1. The molecule has 41 heavy (non-hydrogen) atoms. The molecule has 12 nitrogen and oxygen atoms in total. The number of ether oxygens (including phenoxy) is 2. The monoisotopic (exact) mass is 581 g/mol. The topological polar surface area (TPSA) is 163 Å². The normalized spacial score (nSPS) is 24.0. The van der Waals surface area contributed by atoms with E-state index in [0.29, 0.717) is 36.1 Å². The number of pyridine rings is 2. The summed E-state index contributed by atoms with van der Waals surface area (Å²) in [6.45, 7) is 7.15. The molecular formula is C28H33N6O6S+. The van der Waals surface area contributed by atoms with Crippen molar-refractivity contribution in [2.24, 2.45) is 0 Å². The van der Waals surface area contributed by atoms with Gasteiger partial charge in [-0.1, -0.05) is 0 Å². The highest BCUT2D eigenvalue weighted by atomic mass is 32.2. The second-order valence-electron chi connectivity index (χ2n) is 11.8. The van der Waals surface area contributed by atoms with Gasteiger partial charge in [0.15, 0.2) is 20.1 Å². The third kappa shape index (κ3) is 4.60. The zero-order chi connectivity index (χ0) is 29.8. The van der Waals surface area contributed by atoms with Gasteiger partial charge in [-0.3, -0.25) is 9.37 Å². The van der Waals surface area contributed by atoms with Gasteiger partial charge in [-0.2, -0.15) is 15.4 Å². The fourth-order valence-electron chi connectivity index (χ4n) is 5.92. The lowest BCUT2D eigenvalue weighted by molar-refractivity contribution is -0.594. The zero-order valence-corrected chi connectivity index (χ0v) is 24.5. The molecule has 1 fully saturated rings. The molecule has 13 heteroatoms. The van der Waals surface area contributed by atoms with Gasteiger partial charge in [-0.05, 0) is 65.2 Å². The lowest BCUT2D eigenvalue weighted by atomic mass is 9.80. The summed E-state index contributed by atoms with van der Waals surface area (Å²) in [5.74, 6) is -0.0158. The molecule has 0 saturated heterocycles. The molecule has 0 aromatic carbocycles. The quantitative estimate of drug-likeness (QED) is 0.508. The number of rotatable bonds is 2. The Kier molecular flexibility index (Phi) is 6.80. The van der Waals surface area contributed by atoms with Gasteiger partial charge in [0.2, 0.25) is 5.88 Å². The van der Waals surface area contributed by atoms with E-state index in [1.165, 1.54) is 24.5 Å². The highest BCUT2D eigenvalue weighted by Crippen LogP contribution is 2.53. The van der Waals surface area contributed by atoms with Gasteiger partial charge in [-0.15, -0.1) is 0 Å². The predicted molar refractivity (Wildman–Crippen MR) is 148 cm³/mol. The summed E-state index contributed by atoms with van der Waals surface area (Å²) in [5.41, 5.74) is -0.811. The Labute approximate surface area is 238 Å². The largest absolute Gasteiger partial charge is 0.505 e. The molecule has 2 aromatic heterocycles. The number of hydrogen-bond donors (Lipinski definition) is 2. The Morgan fingerprint density at radius 3 is 2.51 bits per heavy atom. The second-order valence-corrected chi connectivity index (χ2v) is 14.2. The van der Waals surface area contributed by atoms with Gasteiger partial charge in [0.05, 0.1) is 36.7 Å². The van der Waals surface area contributed by atoms with Crippen LogP contribution in [-0.2, 0) is 20.1 Å². The van der Waals surface area contributed by atoms with Crippen molar-refractivity contribution in [1.29, 1.82) is 5.26 Å². The van der Waals surface area contributed by atoms with Crippen LogP contribution in [0.15, 0.2) is 30.6 Å². The Hall–Kier alpha value is -4.05. The van der Waals surface area contributed by atoms with Crippen molar-refractivity contribution in [3.8, 4) is 11.9 Å². The SMILES string of the molecule is C[N+]1=C(NC(=O)OC(C)(C)C)C2(CCC2)S(=O)(=O)C2CCOc3ncc(NC(=O)c4ccc(C#N)cn4)cc3C21C. The van der Waals surface area contributed by atoms with E-state index in [4.69, 9.17) is 14.7 Å². The average Bonchev–Trinajstić information content (AvgIpc) is 3.02.